The van der Waals surface area contributed by atoms with Gasteiger partial charge in [-0.15, -0.1) is 0 Å². The van der Waals surface area contributed by atoms with Gasteiger partial charge in [-0.05, 0) is 62.7 Å². The fourth-order valence-electron chi connectivity index (χ4n) is 2.74. The molecule has 27 heavy (non-hydrogen) atoms. The van der Waals surface area contributed by atoms with Crippen molar-refractivity contribution in [1.82, 2.24) is 5.32 Å². The summed E-state index contributed by atoms with van der Waals surface area (Å²) in [4.78, 5) is 12.5. The molecule has 6 nitrogen and oxygen atoms in total. The van der Waals surface area contributed by atoms with Crippen molar-refractivity contribution in [3.05, 3.63) is 54.1 Å². The maximum absolute atomic E-state index is 12.6. The Morgan fingerprint density at radius 1 is 1.11 bits per heavy atom. The second-order valence-electron chi connectivity index (χ2n) is 6.95. The summed E-state index contributed by atoms with van der Waals surface area (Å²) < 4.78 is 32.9. The summed E-state index contributed by atoms with van der Waals surface area (Å²) in [5.74, 6) is 0.334. The van der Waals surface area contributed by atoms with Gasteiger partial charge in [-0.3, -0.25) is 9.52 Å². The number of sulfonamides is 1. The van der Waals surface area contributed by atoms with E-state index in [1.165, 1.54) is 19.2 Å². The van der Waals surface area contributed by atoms with Crippen LogP contribution in [0.15, 0.2) is 53.4 Å². The lowest BCUT2D eigenvalue weighted by molar-refractivity contribution is 0.0909. The van der Waals surface area contributed by atoms with Gasteiger partial charge in [-0.1, -0.05) is 19.4 Å². The molecular weight excluding hydrogens is 364 g/mol. The van der Waals surface area contributed by atoms with Crippen molar-refractivity contribution in [3.8, 4) is 5.75 Å². The first-order chi connectivity index (χ1) is 12.7. The number of carbonyl (C=O) groups excluding carboxylic acids is 1. The van der Waals surface area contributed by atoms with E-state index >= 15 is 0 Å². The quantitative estimate of drug-likeness (QED) is 0.718. The highest BCUT2D eigenvalue weighted by molar-refractivity contribution is 7.92. The molecule has 0 saturated carbocycles. The third-order valence-electron chi connectivity index (χ3n) is 4.08. The summed E-state index contributed by atoms with van der Waals surface area (Å²) in [6.45, 7) is 5.94. The Kier molecular flexibility index (Phi) is 6.49. The summed E-state index contributed by atoms with van der Waals surface area (Å²) >= 11 is 0. The highest BCUT2D eigenvalue weighted by atomic mass is 32.2. The zero-order valence-corrected chi connectivity index (χ0v) is 16.9. The molecule has 2 aromatic carbocycles. The van der Waals surface area contributed by atoms with E-state index < -0.39 is 10.0 Å². The Balaban J connectivity index is 2.20. The van der Waals surface area contributed by atoms with Gasteiger partial charge in [0.25, 0.3) is 15.9 Å². The number of hydrogen-bond acceptors (Lipinski definition) is 4. The molecule has 2 rings (SSSR count). The maximum Gasteiger partial charge on any atom is 0.261 e. The summed E-state index contributed by atoms with van der Waals surface area (Å²) in [5.41, 5.74) is 0.355. The van der Waals surface area contributed by atoms with Crippen molar-refractivity contribution >= 4 is 21.6 Å². The van der Waals surface area contributed by atoms with Crippen molar-refractivity contribution in [2.24, 2.45) is 0 Å². The molecule has 0 atom stereocenters. The molecule has 0 aromatic heterocycles. The SMILES string of the molecule is CCCC(C)(C)NC(=O)c1cccc(S(=O)(=O)Nc2ccc(OC)cc2)c1. The molecule has 1 amide bonds. The molecule has 146 valence electrons. The molecule has 0 radical (unpaired) electrons. The van der Waals surface area contributed by atoms with Crippen LogP contribution >= 0.6 is 0 Å². The number of anilines is 1. The Hall–Kier alpha value is -2.54. The Morgan fingerprint density at radius 3 is 2.37 bits per heavy atom. The van der Waals surface area contributed by atoms with Crippen LogP contribution in [0.1, 0.15) is 44.0 Å². The predicted molar refractivity (Wildman–Crippen MR) is 107 cm³/mol. The van der Waals surface area contributed by atoms with Crippen molar-refractivity contribution in [2.45, 2.75) is 44.0 Å². The minimum Gasteiger partial charge on any atom is -0.497 e. The Bertz CT molecular complexity index is 890. The van der Waals surface area contributed by atoms with E-state index in [1.807, 2.05) is 20.8 Å². The molecule has 2 aromatic rings. The molecule has 0 unspecified atom stereocenters. The van der Waals surface area contributed by atoms with E-state index in [9.17, 15) is 13.2 Å². The minimum atomic E-state index is -3.81. The van der Waals surface area contributed by atoms with Crippen LogP contribution in [0.25, 0.3) is 0 Å². The fourth-order valence-corrected chi connectivity index (χ4v) is 3.85. The lowest BCUT2D eigenvalue weighted by atomic mass is 9.98. The van der Waals surface area contributed by atoms with Gasteiger partial charge in [0.15, 0.2) is 0 Å². The minimum absolute atomic E-state index is 0.0271. The average Bonchev–Trinajstić information content (AvgIpc) is 2.61. The van der Waals surface area contributed by atoms with E-state index in [1.54, 1.807) is 36.4 Å². The van der Waals surface area contributed by atoms with Gasteiger partial charge in [0.05, 0.1) is 12.0 Å². The van der Waals surface area contributed by atoms with Crippen molar-refractivity contribution in [3.63, 3.8) is 0 Å². The molecule has 0 heterocycles. The molecule has 0 spiro atoms. The number of hydrogen-bond donors (Lipinski definition) is 2. The first-order valence-corrected chi connectivity index (χ1v) is 10.2. The van der Waals surface area contributed by atoms with Crippen LogP contribution in [0.4, 0.5) is 5.69 Å². The lowest BCUT2D eigenvalue weighted by Gasteiger charge is -2.25. The molecule has 7 heteroatoms. The van der Waals surface area contributed by atoms with Crippen LogP contribution in [0.5, 0.6) is 5.75 Å². The van der Waals surface area contributed by atoms with Gasteiger partial charge in [-0.25, -0.2) is 8.42 Å². The van der Waals surface area contributed by atoms with Gasteiger partial charge in [0.2, 0.25) is 0 Å². The summed E-state index contributed by atoms with van der Waals surface area (Å²) in [6.07, 6.45) is 1.77. The van der Waals surface area contributed by atoms with E-state index in [2.05, 4.69) is 10.0 Å². The zero-order valence-electron chi connectivity index (χ0n) is 16.1. The van der Waals surface area contributed by atoms with E-state index in [4.69, 9.17) is 4.74 Å². The molecule has 0 saturated heterocycles. The van der Waals surface area contributed by atoms with Crippen LogP contribution in [0.2, 0.25) is 0 Å². The topological polar surface area (TPSA) is 84.5 Å². The van der Waals surface area contributed by atoms with Crippen LogP contribution in [0, 0.1) is 0 Å². The van der Waals surface area contributed by atoms with Crippen LogP contribution < -0.4 is 14.8 Å². The van der Waals surface area contributed by atoms with E-state index in [-0.39, 0.29) is 16.3 Å². The van der Waals surface area contributed by atoms with Crippen molar-refractivity contribution < 1.29 is 17.9 Å². The van der Waals surface area contributed by atoms with Crippen molar-refractivity contribution in [2.75, 3.05) is 11.8 Å². The number of carbonyl (C=O) groups is 1. The number of amides is 1. The smallest absolute Gasteiger partial charge is 0.261 e. The van der Waals surface area contributed by atoms with Gasteiger partial charge < -0.3 is 10.1 Å². The normalized spacial score (nSPS) is 11.7. The summed E-state index contributed by atoms with van der Waals surface area (Å²) in [5, 5.41) is 2.95. The molecule has 0 bridgehead atoms. The monoisotopic (exact) mass is 390 g/mol. The van der Waals surface area contributed by atoms with Gasteiger partial charge in [0, 0.05) is 16.8 Å². The Labute approximate surface area is 161 Å². The zero-order chi connectivity index (χ0) is 20.1. The van der Waals surface area contributed by atoms with Crippen LogP contribution in [-0.2, 0) is 10.0 Å². The highest BCUT2D eigenvalue weighted by Gasteiger charge is 2.22. The lowest BCUT2D eigenvalue weighted by Crippen LogP contribution is -2.43. The second-order valence-corrected chi connectivity index (χ2v) is 8.63. The third-order valence-corrected chi connectivity index (χ3v) is 5.45. The summed E-state index contributed by atoms with van der Waals surface area (Å²) in [7, 11) is -2.27. The molecule has 0 aliphatic rings. The molecule has 2 N–H and O–H groups in total. The average molecular weight is 391 g/mol. The van der Waals surface area contributed by atoms with Gasteiger partial charge in [-0.2, -0.15) is 0 Å². The number of benzene rings is 2. The fraction of sp³-hybridized carbons (Fsp3) is 0.350. The first kappa shape index (κ1) is 20.8. The van der Waals surface area contributed by atoms with Gasteiger partial charge >= 0.3 is 0 Å². The number of nitrogens with one attached hydrogen (secondary N) is 2. The van der Waals surface area contributed by atoms with E-state index in [0.29, 0.717) is 17.0 Å². The first-order valence-electron chi connectivity index (χ1n) is 8.76. The standard InChI is InChI=1S/C20H26N2O4S/c1-5-13-20(2,3)21-19(23)15-7-6-8-18(14-15)27(24,25)22-16-9-11-17(26-4)12-10-16/h6-12,14,22H,5,13H2,1-4H3,(H,21,23). The molecule has 0 fully saturated rings. The highest BCUT2D eigenvalue weighted by Crippen LogP contribution is 2.20. The Morgan fingerprint density at radius 2 is 1.78 bits per heavy atom. The molecule has 0 aliphatic heterocycles. The number of methoxy groups -OCH3 is 1. The van der Waals surface area contributed by atoms with Gasteiger partial charge in [0.1, 0.15) is 5.75 Å². The second kappa shape index (κ2) is 8.43. The predicted octanol–water partition coefficient (Wildman–Crippen LogP) is 3.80. The maximum atomic E-state index is 12.6. The molecule has 0 aliphatic carbocycles. The van der Waals surface area contributed by atoms with Crippen LogP contribution in [0.3, 0.4) is 0 Å². The van der Waals surface area contributed by atoms with Crippen molar-refractivity contribution in [1.29, 1.82) is 0 Å². The third kappa shape index (κ3) is 5.72. The number of ether oxygens (including phenoxy) is 1. The van der Waals surface area contributed by atoms with E-state index in [0.717, 1.165) is 12.8 Å². The largest absolute Gasteiger partial charge is 0.497 e. The van der Waals surface area contributed by atoms with Crippen LogP contribution in [-0.4, -0.2) is 27.0 Å². The molecular formula is C20H26N2O4S. The number of rotatable bonds is 8. The summed E-state index contributed by atoms with van der Waals surface area (Å²) in [6, 6.07) is 12.5.